The number of aliphatic carboxylic acids is 2. The van der Waals surface area contributed by atoms with Crippen LogP contribution in [0, 0.1) is 18.3 Å². The van der Waals surface area contributed by atoms with Crippen molar-refractivity contribution in [3.63, 3.8) is 0 Å². The molecule has 0 atom stereocenters. The van der Waals surface area contributed by atoms with Crippen molar-refractivity contribution in [2.24, 2.45) is 7.05 Å². The summed E-state index contributed by atoms with van der Waals surface area (Å²) in [7, 11) is 3.60. The second-order valence-electron chi connectivity index (χ2n) is 5.70. The molecule has 0 aliphatic rings. The minimum absolute atomic E-state index is 0.708. The molecule has 1 aromatic carbocycles. The molecule has 3 N–H and O–H groups in total. The Labute approximate surface area is 157 Å². The second-order valence-corrected chi connectivity index (χ2v) is 5.70. The first-order chi connectivity index (χ1) is 12.8. The van der Waals surface area contributed by atoms with Crippen LogP contribution in [-0.4, -0.2) is 40.4 Å². The van der Waals surface area contributed by atoms with Gasteiger partial charge in [0.05, 0.1) is 7.11 Å². The average Bonchev–Trinajstić information content (AvgIpc) is 2.94. The molecule has 0 amide bonds. The van der Waals surface area contributed by atoms with Gasteiger partial charge in [-0.25, -0.2) is 9.59 Å². The van der Waals surface area contributed by atoms with Crippen LogP contribution in [0.5, 0.6) is 5.75 Å². The molecule has 2 rings (SSSR count). The number of aromatic nitrogens is 1. The molecule has 8 heteroatoms. The number of nitrogens with zero attached hydrogens (tertiary/aromatic N) is 2. The molecule has 144 valence electrons. The van der Waals surface area contributed by atoms with Crippen molar-refractivity contribution in [2.45, 2.75) is 19.9 Å². The summed E-state index contributed by atoms with van der Waals surface area (Å²) in [6.45, 7) is 3.74. The largest absolute Gasteiger partial charge is 0.497 e. The van der Waals surface area contributed by atoms with Crippen molar-refractivity contribution in [2.75, 3.05) is 13.7 Å². The van der Waals surface area contributed by atoms with E-state index in [9.17, 15) is 0 Å². The third kappa shape index (κ3) is 6.84. The van der Waals surface area contributed by atoms with Gasteiger partial charge >= 0.3 is 11.9 Å². The Hall–Kier alpha value is -3.31. The van der Waals surface area contributed by atoms with Gasteiger partial charge in [0.1, 0.15) is 17.5 Å². The number of hydrogen-bond acceptors (Lipinski definition) is 5. The minimum Gasteiger partial charge on any atom is -0.497 e. The summed E-state index contributed by atoms with van der Waals surface area (Å²) in [5.41, 5.74) is 4.32. The fourth-order valence-electron chi connectivity index (χ4n) is 2.30. The number of carboxylic acids is 2. The summed E-state index contributed by atoms with van der Waals surface area (Å²) in [6.07, 6.45) is 0.973. The van der Waals surface area contributed by atoms with E-state index in [1.165, 1.54) is 11.1 Å². The summed E-state index contributed by atoms with van der Waals surface area (Å²) in [5.74, 6) is -2.76. The minimum atomic E-state index is -1.82. The van der Waals surface area contributed by atoms with Crippen LogP contribution in [0.1, 0.15) is 22.5 Å². The van der Waals surface area contributed by atoms with Crippen LogP contribution in [0.25, 0.3) is 0 Å². The average molecular weight is 373 g/mol. The molecule has 0 radical (unpaired) electrons. The van der Waals surface area contributed by atoms with Gasteiger partial charge in [0.25, 0.3) is 0 Å². The predicted molar refractivity (Wildman–Crippen MR) is 98.5 cm³/mol. The van der Waals surface area contributed by atoms with Crippen LogP contribution < -0.4 is 10.1 Å². The van der Waals surface area contributed by atoms with E-state index in [0.29, 0.717) is 5.69 Å². The van der Waals surface area contributed by atoms with Crippen LogP contribution in [0.4, 0.5) is 0 Å². The molecule has 2 aromatic rings. The Morgan fingerprint density at radius 1 is 1.22 bits per heavy atom. The molecule has 0 aliphatic heterocycles. The van der Waals surface area contributed by atoms with Gasteiger partial charge in [-0.1, -0.05) is 12.1 Å². The Kier molecular flexibility index (Phi) is 8.56. The van der Waals surface area contributed by atoms with Crippen molar-refractivity contribution in [1.29, 1.82) is 5.26 Å². The molecular formula is C19H23N3O5. The van der Waals surface area contributed by atoms with Gasteiger partial charge in [0.2, 0.25) is 0 Å². The number of carboxylic acid groups (broad SMARTS) is 2. The van der Waals surface area contributed by atoms with E-state index in [1.807, 2.05) is 36.7 Å². The molecule has 0 unspecified atom stereocenters. The van der Waals surface area contributed by atoms with Crippen molar-refractivity contribution < 1.29 is 24.5 Å². The van der Waals surface area contributed by atoms with Crippen LogP contribution in [0.15, 0.2) is 30.3 Å². The highest BCUT2D eigenvalue weighted by atomic mass is 16.5. The highest BCUT2D eigenvalue weighted by Gasteiger charge is 2.07. The number of rotatable bonds is 6. The van der Waals surface area contributed by atoms with Gasteiger partial charge in [-0.2, -0.15) is 5.26 Å². The summed E-state index contributed by atoms with van der Waals surface area (Å²) in [4.78, 5) is 18.2. The number of methoxy groups -OCH3 is 1. The van der Waals surface area contributed by atoms with Crippen LogP contribution in [0.2, 0.25) is 0 Å². The van der Waals surface area contributed by atoms with Crippen LogP contribution in [0.3, 0.4) is 0 Å². The molecule has 1 heterocycles. The quantitative estimate of drug-likeness (QED) is 0.520. The van der Waals surface area contributed by atoms with E-state index in [0.717, 1.165) is 31.0 Å². The molecule has 0 spiro atoms. The second kappa shape index (κ2) is 10.6. The Morgan fingerprint density at radius 3 is 2.26 bits per heavy atom. The first-order valence-electron chi connectivity index (χ1n) is 8.15. The lowest BCUT2D eigenvalue weighted by Crippen LogP contribution is -2.17. The van der Waals surface area contributed by atoms with E-state index in [4.69, 9.17) is 29.8 Å². The van der Waals surface area contributed by atoms with Crippen LogP contribution in [-0.2, 0) is 29.6 Å². The normalized spacial score (nSPS) is 9.70. The first kappa shape index (κ1) is 21.7. The van der Waals surface area contributed by atoms with Crippen molar-refractivity contribution >= 4 is 11.9 Å². The maximum absolute atomic E-state index is 9.10. The van der Waals surface area contributed by atoms with Crippen LogP contribution >= 0.6 is 0 Å². The number of benzene rings is 1. The molecule has 8 nitrogen and oxygen atoms in total. The topological polar surface area (TPSA) is 125 Å². The highest BCUT2D eigenvalue weighted by Crippen LogP contribution is 2.13. The monoisotopic (exact) mass is 373 g/mol. The zero-order chi connectivity index (χ0) is 20.4. The highest BCUT2D eigenvalue weighted by molar-refractivity contribution is 6.27. The lowest BCUT2D eigenvalue weighted by molar-refractivity contribution is -0.159. The van der Waals surface area contributed by atoms with Crippen molar-refractivity contribution in [1.82, 2.24) is 9.88 Å². The van der Waals surface area contributed by atoms with Gasteiger partial charge in [-0.15, -0.1) is 0 Å². The van der Waals surface area contributed by atoms with E-state index < -0.39 is 11.9 Å². The van der Waals surface area contributed by atoms with Gasteiger partial charge in [0.15, 0.2) is 0 Å². The first-order valence-corrected chi connectivity index (χ1v) is 8.15. The number of nitrogens with one attached hydrogen (secondary N) is 1. The Bertz CT molecular complexity index is 807. The molecule has 0 saturated heterocycles. The molecule has 1 aromatic heterocycles. The third-order valence-electron chi connectivity index (χ3n) is 4.00. The number of hydrogen-bond donors (Lipinski definition) is 3. The van der Waals surface area contributed by atoms with E-state index in [1.54, 1.807) is 7.11 Å². The number of nitriles is 1. The zero-order valence-electron chi connectivity index (χ0n) is 15.5. The summed E-state index contributed by atoms with van der Waals surface area (Å²) >= 11 is 0. The summed E-state index contributed by atoms with van der Waals surface area (Å²) in [5, 5.41) is 27.2. The Morgan fingerprint density at radius 2 is 1.81 bits per heavy atom. The van der Waals surface area contributed by atoms with Gasteiger partial charge in [-0.3, -0.25) is 0 Å². The fraction of sp³-hybridized carbons (Fsp3) is 0.316. The predicted octanol–water partition coefficient (Wildman–Crippen LogP) is 1.70. The number of carbonyl (C=O) groups is 2. The molecular weight excluding hydrogens is 350 g/mol. The number of ether oxygens (including phenoxy) is 1. The van der Waals surface area contributed by atoms with Gasteiger partial charge in [0, 0.05) is 19.3 Å². The van der Waals surface area contributed by atoms with Gasteiger partial charge in [-0.05, 0) is 49.2 Å². The standard InChI is InChI=1S/C17H21N3O.C2H2O4/c1-13-15(10-16(11-18)20(13)2)12-19-9-8-14-4-6-17(21-3)7-5-14;3-1(4)2(5)6/h4-7,10,19H,8-9,12H2,1-3H3;(H,3,4)(H,5,6). The summed E-state index contributed by atoms with van der Waals surface area (Å²) < 4.78 is 7.08. The van der Waals surface area contributed by atoms with E-state index in [-0.39, 0.29) is 0 Å². The molecule has 0 aliphatic carbocycles. The lowest BCUT2D eigenvalue weighted by atomic mass is 10.1. The zero-order valence-corrected chi connectivity index (χ0v) is 15.5. The smallest absolute Gasteiger partial charge is 0.414 e. The van der Waals surface area contributed by atoms with E-state index in [2.05, 4.69) is 23.5 Å². The lowest BCUT2D eigenvalue weighted by Gasteiger charge is -2.06. The maximum Gasteiger partial charge on any atom is 0.414 e. The maximum atomic E-state index is 9.10. The van der Waals surface area contributed by atoms with Gasteiger partial charge < -0.3 is 24.8 Å². The fourth-order valence-corrected chi connectivity index (χ4v) is 2.30. The molecule has 0 fully saturated rings. The molecule has 0 saturated carbocycles. The van der Waals surface area contributed by atoms with E-state index >= 15 is 0 Å². The Balaban J connectivity index is 0.000000527. The third-order valence-corrected chi connectivity index (χ3v) is 4.00. The molecule has 0 bridgehead atoms. The molecule has 27 heavy (non-hydrogen) atoms. The summed E-state index contributed by atoms with van der Waals surface area (Å²) in [6, 6.07) is 12.3. The van der Waals surface area contributed by atoms with Crippen molar-refractivity contribution in [3.8, 4) is 11.8 Å². The van der Waals surface area contributed by atoms with Crippen molar-refractivity contribution in [3.05, 3.63) is 52.8 Å². The SMILES string of the molecule is COc1ccc(CCNCc2cc(C#N)n(C)c2C)cc1.O=C(O)C(=O)O.